The minimum Gasteiger partial charge on any atom is -0.481 e. The molecule has 3 rings (SSSR count). The number of ketones is 1. The monoisotopic (exact) mass is 417 g/mol. The van der Waals surface area contributed by atoms with Gasteiger partial charge in [-0.05, 0) is 57.2 Å². The Bertz CT molecular complexity index is 916. The van der Waals surface area contributed by atoms with Crippen LogP contribution in [0.5, 0.6) is 0 Å². The topological polar surface area (TPSA) is 85.1 Å². The second kappa shape index (κ2) is 8.66. The van der Waals surface area contributed by atoms with E-state index in [9.17, 15) is 14.7 Å². The van der Waals surface area contributed by atoms with Gasteiger partial charge in [0.25, 0.3) is 0 Å². The molecular weight excluding hydrogens is 390 g/mol. The zero-order valence-corrected chi connectivity index (χ0v) is 18.0. The van der Waals surface area contributed by atoms with Crippen molar-refractivity contribution in [3.8, 4) is 0 Å². The number of aryl methyl sites for hydroxylation is 2. The zero-order chi connectivity index (χ0) is 21.2. The molecule has 0 atom stereocenters. The van der Waals surface area contributed by atoms with Crippen LogP contribution in [0, 0.1) is 12.3 Å². The number of rotatable bonds is 10. The van der Waals surface area contributed by atoms with Crippen molar-refractivity contribution >= 4 is 23.4 Å². The van der Waals surface area contributed by atoms with Crippen LogP contribution in [0.3, 0.4) is 0 Å². The highest BCUT2D eigenvalue weighted by Gasteiger charge is 2.32. The first-order valence-corrected chi connectivity index (χ1v) is 10.5. The minimum absolute atomic E-state index is 0.147. The Hall–Kier alpha value is -2.21. The number of aromatic nitrogens is 3. The first-order valence-electron chi connectivity index (χ1n) is 10.1. The molecule has 1 heterocycles. The lowest BCUT2D eigenvalue weighted by Gasteiger charge is -2.18. The first-order chi connectivity index (χ1) is 13.7. The van der Waals surface area contributed by atoms with Crippen LogP contribution in [-0.2, 0) is 28.9 Å². The van der Waals surface area contributed by atoms with Gasteiger partial charge < -0.3 is 9.67 Å². The van der Waals surface area contributed by atoms with Crippen LogP contribution in [0.15, 0.2) is 18.2 Å². The number of carboxylic acid groups (broad SMARTS) is 1. The highest BCUT2D eigenvalue weighted by Crippen LogP contribution is 2.37. The Morgan fingerprint density at radius 2 is 1.86 bits per heavy atom. The van der Waals surface area contributed by atoms with Crippen LogP contribution in [0.4, 0.5) is 0 Å². The molecule has 1 aliphatic carbocycles. The van der Waals surface area contributed by atoms with Crippen molar-refractivity contribution in [1.82, 2.24) is 14.8 Å². The third-order valence-electron chi connectivity index (χ3n) is 5.70. The number of hydrogen-bond acceptors (Lipinski definition) is 4. The quantitative estimate of drug-likeness (QED) is 0.620. The molecule has 1 aliphatic rings. The molecule has 1 fully saturated rings. The highest BCUT2D eigenvalue weighted by atomic mass is 35.5. The third-order valence-corrected chi connectivity index (χ3v) is 6.11. The minimum atomic E-state index is -0.808. The molecule has 1 N–H and O–H groups in total. The molecule has 1 aromatic carbocycles. The van der Waals surface area contributed by atoms with E-state index in [0.717, 1.165) is 35.6 Å². The molecule has 29 heavy (non-hydrogen) atoms. The van der Waals surface area contributed by atoms with Crippen LogP contribution in [0.1, 0.15) is 68.3 Å². The number of nitrogens with zero attached hydrogens (tertiary/aromatic N) is 3. The van der Waals surface area contributed by atoms with Gasteiger partial charge in [0.15, 0.2) is 0 Å². The number of benzene rings is 1. The molecule has 7 heteroatoms. The van der Waals surface area contributed by atoms with Crippen molar-refractivity contribution < 1.29 is 14.7 Å². The molecule has 1 aromatic heterocycles. The summed E-state index contributed by atoms with van der Waals surface area (Å²) >= 11 is 6.15. The molecule has 0 amide bonds. The van der Waals surface area contributed by atoms with Gasteiger partial charge in [-0.2, -0.15) is 0 Å². The molecule has 0 spiro atoms. The summed E-state index contributed by atoms with van der Waals surface area (Å²) in [7, 11) is 0. The van der Waals surface area contributed by atoms with Crippen LogP contribution in [0.2, 0.25) is 5.02 Å². The van der Waals surface area contributed by atoms with Gasteiger partial charge >= 0.3 is 5.97 Å². The van der Waals surface area contributed by atoms with Gasteiger partial charge in [-0.1, -0.05) is 23.7 Å². The van der Waals surface area contributed by atoms with E-state index in [1.807, 2.05) is 25.1 Å². The van der Waals surface area contributed by atoms with Gasteiger partial charge in [0, 0.05) is 36.7 Å². The fraction of sp³-hybridized carbons (Fsp3) is 0.545. The number of carboxylic acids is 1. The van der Waals surface area contributed by atoms with E-state index in [0.29, 0.717) is 43.2 Å². The Morgan fingerprint density at radius 1 is 1.21 bits per heavy atom. The first kappa shape index (κ1) is 21.5. The zero-order valence-electron chi connectivity index (χ0n) is 17.2. The van der Waals surface area contributed by atoms with E-state index in [-0.39, 0.29) is 5.78 Å². The van der Waals surface area contributed by atoms with E-state index < -0.39 is 11.4 Å². The summed E-state index contributed by atoms with van der Waals surface area (Å²) < 4.78 is 2.13. The van der Waals surface area contributed by atoms with Crippen molar-refractivity contribution in [2.45, 2.75) is 71.8 Å². The van der Waals surface area contributed by atoms with E-state index >= 15 is 0 Å². The Balaban J connectivity index is 1.64. The summed E-state index contributed by atoms with van der Waals surface area (Å²) in [5.41, 5.74) is 1.11. The number of Topliss-reactive ketones (excluding diaryl/α,β-unsaturated/α-hetero) is 1. The number of aliphatic carboxylic acids is 1. The molecule has 1 saturated carbocycles. The van der Waals surface area contributed by atoms with Crippen LogP contribution in [0.25, 0.3) is 0 Å². The van der Waals surface area contributed by atoms with Gasteiger partial charge in [-0.15, -0.1) is 10.2 Å². The lowest BCUT2D eigenvalue weighted by Crippen LogP contribution is -2.24. The second-order valence-corrected chi connectivity index (χ2v) is 8.97. The van der Waals surface area contributed by atoms with Gasteiger partial charge in [0.05, 0.1) is 5.41 Å². The summed E-state index contributed by atoms with van der Waals surface area (Å²) in [5.74, 6) is 0.994. The predicted octanol–water partition coefficient (Wildman–Crippen LogP) is 4.36. The SMILES string of the molecule is Cc1c(Cl)cccc1CC(=O)CCc1nnc(CCC(C)(C)C(=O)O)n1C1CC1. The largest absolute Gasteiger partial charge is 0.481 e. The fourth-order valence-corrected chi connectivity index (χ4v) is 3.58. The molecular formula is C22H28ClN3O3. The van der Waals surface area contributed by atoms with Crippen molar-refractivity contribution in [2.75, 3.05) is 0 Å². The summed E-state index contributed by atoms with van der Waals surface area (Å²) in [5, 5.41) is 18.7. The summed E-state index contributed by atoms with van der Waals surface area (Å²) in [4.78, 5) is 23.9. The maximum absolute atomic E-state index is 12.5. The molecule has 2 aromatic rings. The lowest BCUT2D eigenvalue weighted by atomic mass is 9.88. The summed E-state index contributed by atoms with van der Waals surface area (Å²) in [6.45, 7) is 5.38. The smallest absolute Gasteiger partial charge is 0.309 e. The second-order valence-electron chi connectivity index (χ2n) is 8.56. The van der Waals surface area contributed by atoms with E-state index in [1.54, 1.807) is 13.8 Å². The van der Waals surface area contributed by atoms with E-state index in [2.05, 4.69) is 14.8 Å². The van der Waals surface area contributed by atoms with Gasteiger partial charge in [0.1, 0.15) is 17.4 Å². The van der Waals surface area contributed by atoms with Crippen LogP contribution < -0.4 is 0 Å². The molecule has 0 bridgehead atoms. The third kappa shape index (κ3) is 5.24. The number of carbonyl (C=O) groups excluding carboxylic acids is 1. The average Bonchev–Trinajstić information content (AvgIpc) is 3.42. The fourth-order valence-electron chi connectivity index (χ4n) is 3.38. The molecule has 6 nitrogen and oxygen atoms in total. The van der Waals surface area contributed by atoms with E-state index in [4.69, 9.17) is 11.6 Å². The number of carbonyl (C=O) groups is 2. The van der Waals surface area contributed by atoms with Crippen LogP contribution in [-0.4, -0.2) is 31.6 Å². The molecule has 156 valence electrons. The Morgan fingerprint density at radius 3 is 2.48 bits per heavy atom. The molecule has 0 saturated heterocycles. The highest BCUT2D eigenvalue weighted by molar-refractivity contribution is 6.31. The van der Waals surface area contributed by atoms with Gasteiger partial charge in [-0.3, -0.25) is 9.59 Å². The number of hydrogen-bond donors (Lipinski definition) is 1. The number of halogens is 1. The maximum Gasteiger partial charge on any atom is 0.309 e. The summed E-state index contributed by atoms with van der Waals surface area (Å²) in [6, 6.07) is 6.02. The lowest BCUT2D eigenvalue weighted by molar-refractivity contribution is -0.147. The maximum atomic E-state index is 12.5. The Kier molecular flexibility index (Phi) is 6.42. The Labute approximate surface area is 176 Å². The van der Waals surface area contributed by atoms with Crippen molar-refractivity contribution in [3.63, 3.8) is 0 Å². The molecule has 0 radical (unpaired) electrons. The van der Waals surface area contributed by atoms with Crippen molar-refractivity contribution in [3.05, 3.63) is 46.0 Å². The molecule has 0 aliphatic heterocycles. The molecule has 0 unspecified atom stereocenters. The van der Waals surface area contributed by atoms with Gasteiger partial charge in [0.2, 0.25) is 0 Å². The average molecular weight is 418 g/mol. The van der Waals surface area contributed by atoms with E-state index in [1.165, 1.54) is 0 Å². The van der Waals surface area contributed by atoms with Crippen molar-refractivity contribution in [2.24, 2.45) is 5.41 Å². The van der Waals surface area contributed by atoms with Crippen LogP contribution >= 0.6 is 11.6 Å². The standard InChI is InChI=1S/C22H28ClN3O3/c1-14-15(5-4-6-18(14)23)13-17(27)9-10-19-24-25-20(26(19)16-7-8-16)11-12-22(2,3)21(28)29/h4-6,16H,7-13H2,1-3H3,(H,28,29). The summed E-state index contributed by atoms with van der Waals surface area (Å²) in [6.07, 6.45) is 4.54. The van der Waals surface area contributed by atoms with Crippen molar-refractivity contribution in [1.29, 1.82) is 0 Å². The predicted molar refractivity (Wildman–Crippen MR) is 111 cm³/mol. The van der Waals surface area contributed by atoms with Gasteiger partial charge in [-0.25, -0.2) is 0 Å². The normalized spacial score (nSPS) is 14.2.